The molecule has 1 heterocycles. The highest BCUT2D eigenvalue weighted by molar-refractivity contribution is 7.92. The van der Waals surface area contributed by atoms with Gasteiger partial charge >= 0.3 is 0 Å². The van der Waals surface area contributed by atoms with Gasteiger partial charge in [0.1, 0.15) is 0 Å². The van der Waals surface area contributed by atoms with Crippen molar-refractivity contribution in [1.82, 2.24) is 0 Å². The van der Waals surface area contributed by atoms with Crippen molar-refractivity contribution >= 4 is 27.3 Å². The van der Waals surface area contributed by atoms with Crippen molar-refractivity contribution in [2.24, 2.45) is 0 Å². The van der Waals surface area contributed by atoms with E-state index in [0.29, 0.717) is 24.3 Å². The number of anilines is 2. The van der Waals surface area contributed by atoms with E-state index in [4.69, 9.17) is 0 Å². The van der Waals surface area contributed by atoms with Crippen molar-refractivity contribution in [3.05, 3.63) is 90.0 Å². The molecule has 3 aromatic rings. The Morgan fingerprint density at radius 1 is 0.935 bits per heavy atom. The number of carbonyl (C=O) groups excluding carboxylic acids is 1. The fourth-order valence-electron chi connectivity index (χ4n) is 3.91. The number of fused-ring (bicyclic) bond motifs is 1. The zero-order valence-corrected chi connectivity index (χ0v) is 18.1. The van der Waals surface area contributed by atoms with Crippen LogP contribution in [0, 0.1) is 0 Å². The Balaban J connectivity index is 1.47. The number of hydrogen-bond acceptors (Lipinski definition) is 3. The fraction of sp³-hybridized carbons (Fsp3) is 0.240. The van der Waals surface area contributed by atoms with Crippen molar-refractivity contribution in [2.45, 2.75) is 37.0 Å². The van der Waals surface area contributed by atoms with Crippen molar-refractivity contribution in [1.29, 1.82) is 0 Å². The molecule has 0 spiro atoms. The van der Waals surface area contributed by atoms with Crippen LogP contribution in [0.5, 0.6) is 0 Å². The number of nitrogens with one attached hydrogen (secondary N) is 1. The van der Waals surface area contributed by atoms with Crippen LogP contribution in [0.2, 0.25) is 0 Å². The third-order valence-corrected chi connectivity index (χ3v) is 7.32. The summed E-state index contributed by atoms with van der Waals surface area (Å²) in [4.78, 5) is 12.7. The van der Waals surface area contributed by atoms with Crippen LogP contribution >= 0.6 is 0 Å². The van der Waals surface area contributed by atoms with E-state index in [-0.39, 0.29) is 10.8 Å². The SMILES string of the molecule is O=C(CCCc1ccccc1)Nc1ccc2c(c1)N(S(=O)(=O)c1ccccc1)CCC2. The molecule has 0 radical (unpaired) electrons. The van der Waals surface area contributed by atoms with Gasteiger partial charge in [-0.15, -0.1) is 0 Å². The maximum Gasteiger partial charge on any atom is 0.264 e. The van der Waals surface area contributed by atoms with E-state index in [1.54, 1.807) is 36.4 Å². The summed E-state index contributed by atoms with van der Waals surface area (Å²) < 4.78 is 27.9. The molecule has 5 nitrogen and oxygen atoms in total. The molecule has 0 saturated heterocycles. The molecule has 4 rings (SSSR count). The Bertz CT molecular complexity index is 1150. The van der Waals surface area contributed by atoms with Gasteiger partial charge < -0.3 is 5.32 Å². The zero-order chi connectivity index (χ0) is 21.7. The number of aryl methyl sites for hydroxylation is 2. The molecule has 0 aromatic heterocycles. The van der Waals surface area contributed by atoms with E-state index in [2.05, 4.69) is 17.4 Å². The lowest BCUT2D eigenvalue weighted by Gasteiger charge is -2.31. The molecule has 0 aliphatic carbocycles. The first-order valence-corrected chi connectivity index (χ1v) is 12.0. The lowest BCUT2D eigenvalue weighted by atomic mass is 10.0. The molecule has 1 amide bonds. The van der Waals surface area contributed by atoms with E-state index in [0.717, 1.165) is 31.2 Å². The van der Waals surface area contributed by atoms with Crippen LogP contribution in [0.4, 0.5) is 11.4 Å². The highest BCUT2D eigenvalue weighted by Gasteiger charge is 2.29. The Morgan fingerprint density at radius 3 is 2.39 bits per heavy atom. The maximum atomic E-state index is 13.2. The lowest BCUT2D eigenvalue weighted by Crippen LogP contribution is -2.35. The molecule has 0 saturated carbocycles. The Kier molecular flexibility index (Phi) is 6.37. The van der Waals surface area contributed by atoms with Crippen LogP contribution in [0.25, 0.3) is 0 Å². The molecule has 1 N–H and O–H groups in total. The first-order chi connectivity index (χ1) is 15.0. The van der Waals surface area contributed by atoms with Crippen LogP contribution in [-0.4, -0.2) is 20.9 Å². The monoisotopic (exact) mass is 434 g/mol. The van der Waals surface area contributed by atoms with E-state index < -0.39 is 10.0 Å². The summed E-state index contributed by atoms with van der Waals surface area (Å²) in [6.07, 6.45) is 3.61. The zero-order valence-electron chi connectivity index (χ0n) is 17.3. The second-order valence-corrected chi connectivity index (χ2v) is 9.59. The van der Waals surface area contributed by atoms with Gasteiger partial charge in [-0.25, -0.2) is 8.42 Å². The molecule has 6 heteroatoms. The second-order valence-electron chi connectivity index (χ2n) is 7.72. The van der Waals surface area contributed by atoms with Crippen LogP contribution in [0.3, 0.4) is 0 Å². The number of sulfonamides is 1. The maximum absolute atomic E-state index is 13.2. The summed E-state index contributed by atoms with van der Waals surface area (Å²) >= 11 is 0. The first-order valence-electron chi connectivity index (χ1n) is 10.6. The molecular weight excluding hydrogens is 408 g/mol. The van der Waals surface area contributed by atoms with Crippen molar-refractivity contribution in [3.63, 3.8) is 0 Å². The smallest absolute Gasteiger partial charge is 0.264 e. The summed E-state index contributed by atoms with van der Waals surface area (Å²) in [5, 5.41) is 2.93. The number of carbonyl (C=O) groups is 1. The van der Waals surface area contributed by atoms with Crippen molar-refractivity contribution < 1.29 is 13.2 Å². The minimum Gasteiger partial charge on any atom is -0.326 e. The number of benzene rings is 3. The standard InChI is InChI=1S/C25H26N2O3S/c28-25(15-7-11-20-9-3-1-4-10-20)26-22-17-16-21-12-8-18-27(24(21)19-22)31(29,30)23-13-5-2-6-14-23/h1-6,9-10,13-14,16-17,19H,7-8,11-12,15,18H2,(H,26,28). The molecule has 1 aliphatic rings. The first kappa shape index (κ1) is 21.1. The van der Waals surface area contributed by atoms with Crippen LogP contribution in [-0.2, 0) is 27.7 Å². The Hall–Kier alpha value is -3.12. The van der Waals surface area contributed by atoms with Gasteiger partial charge in [0.2, 0.25) is 5.91 Å². The van der Waals surface area contributed by atoms with Gasteiger partial charge in [0.05, 0.1) is 10.6 Å². The quantitative estimate of drug-likeness (QED) is 0.581. The van der Waals surface area contributed by atoms with Gasteiger partial charge in [0, 0.05) is 18.7 Å². The van der Waals surface area contributed by atoms with E-state index >= 15 is 0 Å². The molecule has 0 fully saturated rings. The van der Waals surface area contributed by atoms with Crippen LogP contribution in [0.15, 0.2) is 83.8 Å². The predicted molar refractivity (Wildman–Crippen MR) is 124 cm³/mol. The highest BCUT2D eigenvalue weighted by Crippen LogP contribution is 2.34. The molecule has 0 bridgehead atoms. The predicted octanol–water partition coefficient (Wildman–Crippen LogP) is 4.79. The number of amides is 1. The Labute approximate surface area is 183 Å². The average Bonchev–Trinajstić information content (AvgIpc) is 2.80. The summed E-state index contributed by atoms with van der Waals surface area (Å²) in [6.45, 7) is 0.429. The highest BCUT2D eigenvalue weighted by atomic mass is 32.2. The van der Waals surface area contributed by atoms with Crippen LogP contribution in [0.1, 0.15) is 30.4 Å². The van der Waals surface area contributed by atoms with Crippen molar-refractivity contribution in [2.75, 3.05) is 16.2 Å². The van der Waals surface area contributed by atoms with E-state index in [1.165, 1.54) is 9.87 Å². The van der Waals surface area contributed by atoms with Gasteiger partial charge in [-0.1, -0.05) is 54.6 Å². The minimum absolute atomic E-state index is 0.0656. The Morgan fingerprint density at radius 2 is 1.65 bits per heavy atom. The van der Waals surface area contributed by atoms with Gasteiger partial charge in [-0.3, -0.25) is 9.10 Å². The van der Waals surface area contributed by atoms with E-state index in [9.17, 15) is 13.2 Å². The molecule has 3 aromatic carbocycles. The third-order valence-electron chi connectivity index (χ3n) is 5.49. The van der Waals surface area contributed by atoms with Gasteiger partial charge in [0.15, 0.2) is 0 Å². The summed E-state index contributed by atoms with van der Waals surface area (Å²) in [5.74, 6) is -0.0656. The fourth-order valence-corrected chi connectivity index (χ4v) is 5.46. The number of rotatable bonds is 7. The number of hydrogen-bond donors (Lipinski definition) is 1. The van der Waals surface area contributed by atoms with Gasteiger partial charge in [-0.05, 0) is 61.1 Å². The molecular formula is C25H26N2O3S. The molecule has 160 valence electrons. The number of nitrogens with zero attached hydrogens (tertiary/aromatic N) is 1. The topological polar surface area (TPSA) is 66.5 Å². The third kappa shape index (κ3) is 4.97. The van der Waals surface area contributed by atoms with Crippen LogP contribution < -0.4 is 9.62 Å². The molecule has 31 heavy (non-hydrogen) atoms. The minimum atomic E-state index is -3.64. The van der Waals surface area contributed by atoms with Gasteiger partial charge in [0.25, 0.3) is 10.0 Å². The van der Waals surface area contributed by atoms with E-state index in [1.807, 2.05) is 30.3 Å². The molecule has 0 unspecified atom stereocenters. The summed E-state index contributed by atoms with van der Waals surface area (Å²) in [6, 6.07) is 24.1. The van der Waals surface area contributed by atoms with Crippen molar-refractivity contribution in [3.8, 4) is 0 Å². The van der Waals surface area contributed by atoms with Gasteiger partial charge in [-0.2, -0.15) is 0 Å². The lowest BCUT2D eigenvalue weighted by molar-refractivity contribution is -0.116. The summed E-state index contributed by atoms with van der Waals surface area (Å²) in [5.41, 5.74) is 3.47. The largest absolute Gasteiger partial charge is 0.326 e. The molecule has 1 aliphatic heterocycles. The summed E-state index contributed by atoms with van der Waals surface area (Å²) in [7, 11) is -3.64. The molecule has 0 atom stereocenters. The second kappa shape index (κ2) is 9.35. The average molecular weight is 435 g/mol. The normalized spacial score (nSPS) is 13.5.